The summed E-state index contributed by atoms with van der Waals surface area (Å²) in [6.07, 6.45) is 0. The molecule has 7 heteroatoms. The lowest BCUT2D eigenvalue weighted by atomic mass is 10.3. The maximum Gasteiger partial charge on any atom is 0.261 e. The van der Waals surface area contributed by atoms with Gasteiger partial charge in [-0.1, -0.05) is 0 Å². The molecule has 0 atom stereocenters. The molecule has 1 heterocycles. The van der Waals surface area contributed by atoms with Crippen LogP contribution < -0.4 is 9.46 Å². The van der Waals surface area contributed by atoms with Crippen molar-refractivity contribution in [2.45, 2.75) is 4.90 Å². The molecule has 2 aromatic rings. The summed E-state index contributed by atoms with van der Waals surface area (Å²) in [4.78, 5) is 0.162. The Kier molecular flexibility index (Phi) is 4.41. The van der Waals surface area contributed by atoms with Crippen molar-refractivity contribution in [1.82, 2.24) is 0 Å². The molecule has 2 N–H and O–H groups in total. The van der Waals surface area contributed by atoms with E-state index in [9.17, 15) is 8.42 Å². The number of thiophene rings is 1. The minimum absolute atomic E-state index is 0.0836. The molecular formula is C12H13NO4S2. The Morgan fingerprint density at radius 1 is 1.21 bits per heavy atom. The van der Waals surface area contributed by atoms with E-state index in [1.54, 1.807) is 29.0 Å². The van der Waals surface area contributed by atoms with E-state index in [0.29, 0.717) is 11.4 Å². The van der Waals surface area contributed by atoms with Crippen molar-refractivity contribution >= 4 is 27.0 Å². The molecule has 0 radical (unpaired) electrons. The van der Waals surface area contributed by atoms with Crippen LogP contribution in [0.25, 0.3) is 0 Å². The zero-order valence-electron chi connectivity index (χ0n) is 9.94. The molecule has 2 rings (SSSR count). The standard InChI is InChI=1S/C12H13NO4S2/c14-6-7-17-11-1-3-12(4-2-11)19(15,16)13-10-5-8-18-9-10/h1-5,8-9,13-14H,6-7H2. The monoisotopic (exact) mass is 299 g/mol. The molecular weight excluding hydrogens is 286 g/mol. The highest BCUT2D eigenvalue weighted by Crippen LogP contribution is 2.20. The fourth-order valence-corrected chi connectivity index (χ4v) is 3.13. The van der Waals surface area contributed by atoms with E-state index in [1.807, 2.05) is 0 Å². The van der Waals surface area contributed by atoms with Gasteiger partial charge in [-0.05, 0) is 35.7 Å². The van der Waals surface area contributed by atoms with E-state index in [1.165, 1.54) is 23.5 Å². The number of aliphatic hydroxyl groups is 1. The number of anilines is 1. The van der Waals surface area contributed by atoms with Gasteiger partial charge in [0.25, 0.3) is 10.0 Å². The molecule has 0 aliphatic rings. The van der Waals surface area contributed by atoms with Crippen LogP contribution in [0.4, 0.5) is 5.69 Å². The summed E-state index contributed by atoms with van der Waals surface area (Å²) in [5, 5.41) is 12.1. The lowest BCUT2D eigenvalue weighted by Crippen LogP contribution is -2.12. The zero-order valence-corrected chi connectivity index (χ0v) is 11.6. The molecule has 5 nitrogen and oxygen atoms in total. The first-order valence-electron chi connectivity index (χ1n) is 5.50. The van der Waals surface area contributed by atoms with Gasteiger partial charge in [-0.15, -0.1) is 0 Å². The van der Waals surface area contributed by atoms with Gasteiger partial charge in [0.2, 0.25) is 0 Å². The van der Waals surface area contributed by atoms with Gasteiger partial charge >= 0.3 is 0 Å². The Morgan fingerprint density at radius 3 is 2.53 bits per heavy atom. The normalized spacial score (nSPS) is 11.2. The summed E-state index contributed by atoms with van der Waals surface area (Å²) in [6, 6.07) is 7.72. The maximum atomic E-state index is 12.0. The van der Waals surface area contributed by atoms with Gasteiger partial charge in [0.05, 0.1) is 17.2 Å². The largest absolute Gasteiger partial charge is 0.491 e. The quantitative estimate of drug-likeness (QED) is 0.854. The predicted molar refractivity (Wildman–Crippen MR) is 74.2 cm³/mol. The lowest BCUT2D eigenvalue weighted by molar-refractivity contribution is 0.201. The third-order valence-corrected chi connectivity index (χ3v) is 4.35. The number of rotatable bonds is 6. The number of benzene rings is 1. The van der Waals surface area contributed by atoms with E-state index in [4.69, 9.17) is 9.84 Å². The molecule has 0 saturated carbocycles. The van der Waals surface area contributed by atoms with Gasteiger partial charge in [-0.25, -0.2) is 8.42 Å². The van der Waals surface area contributed by atoms with Crippen LogP contribution in [0.3, 0.4) is 0 Å². The van der Waals surface area contributed by atoms with E-state index in [2.05, 4.69) is 4.72 Å². The predicted octanol–water partition coefficient (Wildman–Crippen LogP) is 1.92. The van der Waals surface area contributed by atoms with Gasteiger partial charge in [0.15, 0.2) is 0 Å². The number of ether oxygens (including phenoxy) is 1. The Bertz CT molecular complexity index is 606. The van der Waals surface area contributed by atoms with Crippen molar-refractivity contribution in [2.24, 2.45) is 0 Å². The van der Waals surface area contributed by atoms with Gasteiger partial charge < -0.3 is 9.84 Å². The SMILES string of the molecule is O=S(=O)(Nc1ccsc1)c1ccc(OCCO)cc1. The van der Waals surface area contributed by atoms with E-state index >= 15 is 0 Å². The molecule has 1 aromatic carbocycles. The first-order chi connectivity index (χ1) is 9.12. The molecule has 0 amide bonds. The highest BCUT2D eigenvalue weighted by Gasteiger charge is 2.14. The molecule has 0 bridgehead atoms. The number of hydrogen-bond donors (Lipinski definition) is 2. The van der Waals surface area contributed by atoms with Crippen LogP contribution in [-0.2, 0) is 10.0 Å². The zero-order chi connectivity index (χ0) is 13.7. The van der Waals surface area contributed by atoms with E-state index in [-0.39, 0.29) is 18.1 Å². The number of hydrogen-bond acceptors (Lipinski definition) is 5. The van der Waals surface area contributed by atoms with Crippen LogP contribution in [0, 0.1) is 0 Å². The van der Waals surface area contributed by atoms with Crippen molar-refractivity contribution < 1.29 is 18.3 Å². The first-order valence-corrected chi connectivity index (χ1v) is 7.93. The summed E-state index contributed by atoms with van der Waals surface area (Å²) in [7, 11) is -3.57. The second-order valence-electron chi connectivity index (χ2n) is 3.66. The average molecular weight is 299 g/mol. The first kappa shape index (κ1) is 13.9. The fraction of sp³-hybridized carbons (Fsp3) is 0.167. The molecule has 0 saturated heterocycles. The number of sulfonamides is 1. The van der Waals surface area contributed by atoms with Gasteiger partial charge in [0, 0.05) is 5.38 Å². The topological polar surface area (TPSA) is 75.6 Å². The van der Waals surface area contributed by atoms with Crippen LogP contribution in [0.15, 0.2) is 46.0 Å². The summed E-state index contributed by atoms with van der Waals surface area (Å²) < 4.78 is 31.7. The third kappa shape index (κ3) is 3.69. The van der Waals surface area contributed by atoms with E-state index < -0.39 is 10.0 Å². The van der Waals surface area contributed by atoms with Gasteiger partial charge in [0.1, 0.15) is 12.4 Å². The van der Waals surface area contributed by atoms with Crippen molar-refractivity contribution in [2.75, 3.05) is 17.9 Å². The summed E-state index contributed by atoms with van der Waals surface area (Å²) in [5.41, 5.74) is 0.547. The molecule has 0 unspecified atom stereocenters. The van der Waals surface area contributed by atoms with Crippen molar-refractivity contribution in [3.8, 4) is 5.75 Å². The van der Waals surface area contributed by atoms with Crippen LogP contribution in [0.5, 0.6) is 5.75 Å². The van der Waals surface area contributed by atoms with Crippen LogP contribution in [0.2, 0.25) is 0 Å². The number of aliphatic hydroxyl groups excluding tert-OH is 1. The van der Waals surface area contributed by atoms with Crippen molar-refractivity contribution in [3.05, 3.63) is 41.1 Å². The minimum Gasteiger partial charge on any atom is -0.491 e. The summed E-state index contributed by atoms with van der Waals surface area (Å²) in [5.74, 6) is 0.517. The van der Waals surface area contributed by atoms with Crippen LogP contribution >= 0.6 is 11.3 Å². The second-order valence-corrected chi connectivity index (χ2v) is 6.12. The molecule has 0 fully saturated rings. The Morgan fingerprint density at radius 2 is 1.95 bits per heavy atom. The van der Waals surface area contributed by atoms with Crippen molar-refractivity contribution in [1.29, 1.82) is 0 Å². The third-order valence-electron chi connectivity index (χ3n) is 2.27. The lowest BCUT2D eigenvalue weighted by Gasteiger charge is -2.08. The van der Waals surface area contributed by atoms with Crippen molar-refractivity contribution in [3.63, 3.8) is 0 Å². The highest BCUT2D eigenvalue weighted by atomic mass is 32.2. The highest BCUT2D eigenvalue weighted by molar-refractivity contribution is 7.92. The van der Waals surface area contributed by atoms with Crippen LogP contribution in [0.1, 0.15) is 0 Å². The van der Waals surface area contributed by atoms with E-state index in [0.717, 1.165) is 0 Å². The summed E-state index contributed by atoms with van der Waals surface area (Å²) >= 11 is 1.42. The second kappa shape index (κ2) is 6.05. The van der Waals surface area contributed by atoms with Gasteiger partial charge in [-0.3, -0.25) is 4.72 Å². The maximum absolute atomic E-state index is 12.0. The Balaban J connectivity index is 2.12. The molecule has 0 aliphatic heterocycles. The number of nitrogens with one attached hydrogen (secondary N) is 1. The minimum atomic E-state index is -3.57. The molecule has 1 aromatic heterocycles. The molecule has 0 aliphatic carbocycles. The van der Waals surface area contributed by atoms with Gasteiger partial charge in [-0.2, -0.15) is 11.3 Å². The molecule has 19 heavy (non-hydrogen) atoms. The Labute approximate surface area is 115 Å². The molecule has 0 spiro atoms. The smallest absolute Gasteiger partial charge is 0.261 e. The molecule has 102 valence electrons. The Hall–Kier alpha value is -1.57. The van der Waals surface area contributed by atoms with Crippen LogP contribution in [-0.4, -0.2) is 26.7 Å². The summed E-state index contributed by atoms with van der Waals surface area (Å²) in [6.45, 7) is 0.0962. The fourth-order valence-electron chi connectivity index (χ4n) is 1.42. The average Bonchev–Trinajstić information content (AvgIpc) is 2.89.